The van der Waals surface area contributed by atoms with E-state index in [0.29, 0.717) is 5.69 Å². The van der Waals surface area contributed by atoms with Crippen LogP contribution in [0.2, 0.25) is 0 Å². The second-order valence-corrected chi connectivity index (χ2v) is 4.93. The highest BCUT2D eigenvalue weighted by Crippen LogP contribution is 2.32. The molecule has 1 aromatic carbocycles. The summed E-state index contributed by atoms with van der Waals surface area (Å²) < 4.78 is 0. The first-order valence-electron chi connectivity index (χ1n) is 6.40. The van der Waals surface area contributed by atoms with Gasteiger partial charge in [-0.3, -0.25) is 9.59 Å². The lowest BCUT2D eigenvalue weighted by Crippen LogP contribution is -2.40. The lowest BCUT2D eigenvalue weighted by Gasteiger charge is -2.10. The van der Waals surface area contributed by atoms with Crippen LogP contribution in [0.4, 0.5) is 5.69 Å². The lowest BCUT2D eigenvalue weighted by molar-refractivity contribution is -0.136. The summed E-state index contributed by atoms with van der Waals surface area (Å²) in [5.74, 6) is -1.16. The van der Waals surface area contributed by atoms with Gasteiger partial charge in [-0.15, -0.1) is 0 Å². The Bertz CT molecular complexity index is 466. The zero-order valence-corrected chi connectivity index (χ0v) is 10.8. The summed E-state index contributed by atoms with van der Waals surface area (Å²) in [7, 11) is 0. The molecule has 0 spiro atoms. The fourth-order valence-electron chi connectivity index (χ4n) is 1.75. The maximum Gasteiger partial charge on any atom is 0.313 e. The van der Waals surface area contributed by atoms with Gasteiger partial charge in [0.1, 0.15) is 0 Å². The van der Waals surface area contributed by atoms with Crippen LogP contribution < -0.4 is 10.6 Å². The summed E-state index contributed by atoms with van der Waals surface area (Å²) in [6.45, 7) is 2.07. The van der Waals surface area contributed by atoms with Crippen molar-refractivity contribution in [2.45, 2.75) is 25.9 Å². The highest BCUT2D eigenvalue weighted by Gasteiger charge is 2.30. The van der Waals surface area contributed by atoms with Gasteiger partial charge in [-0.2, -0.15) is 0 Å². The van der Waals surface area contributed by atoms with E-state index in [1.54, 1.807) is 12.1 Å². The molecule has 3 N–H and O–H groups in total. The van der Waals surface area contributed by atoms with Crippen LogP contribution in [-0.2, 0) is 9.59 Å². The average Bonchev–Trinajstić information content (AvgIpc) is 3.22. The first-order chi connectivity index (χ1) is 9.06. The SMILES string of the molecule is Cc1ccc(NC(=O)C(=O)NCC(O)C2CC2)cc1. The Labute approximate surface area is 112 Å². The standard InChI is InChI=1S/C14H18N2O3/c1-9-2-6-11(7-3-9)16-14(19)13(18)15-8-12(17)10-4-5-10/h2-3,6-7,10,12,17H,4-5,8H2,1H3,(H,15,18)(H,16,19). The predicted octanol–water partition coefficient (Wildman–Crippen LogP) is 0.821. The Morgan fingerprint density at radius 1 is 1.26 bits per heavy atom. The smallest absolute Gasteiger partial charge is 0.313 e. The molecule has 1 fully saturated rings. The minimum atomic E-state index is -0.722. The van der Waals surface area contributed by atoms with Crippen LogP contribution in [0.5, 0.6) is 0 Å². The fraction of sp³-hybridized carbons (Fsp3) is 0.429. The summed E-state index contributed by atoms with van der Waals surface area (Å²) >= 11 is 0. The molecular weight excluding hydrogens is 244 g/mol. The largest absolute Gasteiger partial charge is 0.391 e. The number of hydrogen-bond acceptors (Lipinski definition) is 3. The van der Waals surface area contributed by atoms with Crippen molar-refractivity contribution in [1.29, 1.82) is 0 Å². The maximum absolute atomic E-state index is 11.6. The Hall–Kier alpha value is -1.88. The zero-order valence-electron chi connectivity index (χ0n) is 10.8. The van der Waals surface area contributed by atoms with Gasteiger partial charge in [-0.1, -0.05) is 17.7 Å². The molecule has 2 rings (SSSR count). The van der Waals surface area contributed by atoms with E-state index >= 15 is 0 Å². The van der Waals surface area contributed by atoms with Crippen molar-refractivity contribution in [3.05, 3.63) is 29.8 Å². The van der Waals surface area contributed by atoms with Gasteiger partial charge >= 0.3 is 11.8 Å². The molecule has 102 valence electrons. The summed E-state index contributed by atoms with van der Waals surface area (Å²) in [5, 5.41) is 14.5. The highest BCUT2D eigenvalue weighted by atomic mass is 16.3. The molecule has 1 atom stereocenters. The van der Waals surface area contributed by atoms with Crippen molar-refractivity contribution in [1.82, 2.24) is 5.32 Å². The number of aliphatic hydroxyl groups is 1. The van der Waals surface area contributed by atoms with Crippen LogP contribution in [0.25, 0.3) is 0 Å². The Kier molecular flexibility index (Phi) is 4.16. The van der Waals surface area contributed by atoms with E-state index in [1.807, 2.05) is 19.1 Å². The van der Waals surface area contributed by atoms with Crippen molar-refractivity contribution in [3.63, 3.8) is 0 Å². The third kappa shape index (κ3) is 4.06. The molecule has 0 heterocycles. The highest BCUT2D eigenvalue weighted by molar-refractivity contribution is 6.39. The van der Waals surface area contributed by atoms with E-state index in [1.165, 1.54) is 0 Å². The monoisotopic (exact) mass is 262 g/mol. The van der Waals surface area contributed by atoms with Crippen LogP contribution in [0.15, 0.2) is 24.3 Å². The molecule has 0 saturated heterocycles. The van der Waals surface area contributed by atoms with Crippen LogP contribution in [0.3, 0.4) is 0 Å². The quantitative estimate of drug-likeness (QED) is 0.703. The second-order valence-electron chi connectivity index (χ2n) is 4.93. The molecule has 0 radical (unpaired) electrons. The minimum absolute atomic E-state index is 0.130. The summed E-state index contributed by atoms with van der Waals surface area (Å²) in [4.78, 5) is 23.1. The van der Waals surface area contributed by atoms with Crippen LogP contribution in [0.1, 0.15) is 18.4 Å². The maximum atomic E-state index is 11.6. The van der Waals surface area contributed by atoms with Crippen molar-refractivity contribution >= 4 is 17.5 Å². The molecule has 0 aromatic heterocycles. The Morgan fingerprint density at radius 2 is 1.89 bits per heavy atom. The van der Waals surface area contributed by atoms with Crippen molar-refractivity contribution in [3.8, 4) is 0 Å². The zero-order chi connectivity index (χ0) is 13.8. The molecule has 1 aliphatic rings. The predicted molar refractivity (Wildman–Crippen MR) is 71.5 cm³/mol. The fourth-order valence-corrected chi connectivity index (χ4v) is 1.75. The Balaban J connectivity index is 1.78. The molecular formula is C14H18N2O3. The number of amides is 2. The number of carbonyl (C=O) groups excluding carboxylic acids is 2. The first-order valence-corrected chi connectivity index (χ1v) is 6.40. The van der Waals surface area contributed by atoms with Gasteiger partial charge in [0.2, 0.25) is 0 Å². The topological polar surface area (TPSA) is 78.4 Å². The van der Waals surface area contributed by atoms with E-state index in [4.69, 9.17) is 0 Å². The summed E-state index contributed by atoms with van der Waals surface area (Å²) in [6, 6.07) is 7.17. The summed E-state index contributed by atoms with van der Waals surface area (Å²) in [6.07, 6.45) is 1.44. The van der Waals surface area contributed by atoms with E-state index in [-0.39, 0.29) is 12.5 Å². The van der Waals surface area contributed by atoms with Crippen LogP contribution >= 0.6 is 0 Å². The van der Waals surface area contributed by atoms with Crippen molar-refractivity contribution in [2.75, 3.05) is 11.9 Å². The van der Waals surface area contributed by atoms with Crippen molar-refractivity contribution in [2.24, 2.45) is 5.92 Å². The number of carbonyl (C=O) groups is 2. The van der Waals surface area contributed by atoms with Gasteiger partial charge < -0.3 is 15.7 Å². The second kappa shape index (κ2) is 5.84. The van der Waals surface area contributed by atoms with Crippen LogP contribution in [-0.4, -0.2) is 29.6 Å². The van der Waals surface area contributed by atoms with E-state index in [2.05, 4.69) is 10.6 Å². The molecule has 0 bridgehead atoms. The molecule has 2 amide bonds. The molecule has 19 heavy (non-hydrogen) atoms. The molecule has 0 aliphatic heterocycles. The number of aliphatic hydroxyl groups excluding tert-OH is 1. The van der Waals surface area contributed by atoms with E-state index in [0.717, 1.165) is 18.4 Å². The minimum Gasteiger partial charge on any atom is -0.391 e. The molecule has 1 aliphatic carbocycles. The van der Waals surface area contributed by atoms with Gasteiger partial charge in [0.25, 0.3) is 0 Å². The lowest BCUT2D eigenvalue weighted by atomic mass is 10.2. The number of aryl methyl sites for hydroxylation is 1. The normalized spacial score (nSPS) is 15.7. The van der Waals surface area contributed by atoms with E-state index in [9.17, 15) is 14.7 Å². The molecule has 1 unspecified atom stereocenters. The van der Waals surface area contributed by atoms with E-state index < -0.39 is 17.9 Å². The number of hydrogen-bond donors (Lipinski definition) is 3. The number of nitrogens with one attached hydrogen (secondary N) is 2. The average molecular weight is 262 g/mol. The van der Waals surface area contributed by atoms with Crippen LogP contribution in [0, 0.1) is 12.8 Å². The first kappa shape index (κ1) is 13.5. The van der Waals surface area contributed by atoms with Gasteiger partial charge in [0.05, 0.1) is 6.10 Å². The van der Waals surface area contributed by atoms with Gasteiger partial charge in [0.15, 0.2) is 0 Å². The third-order valence-electron chi connectivity index (χ3n) is 3.15. The number of rotatable bonds is 4. The van der Waals surface area contributed by atoms with Gasteiger partial charge in [-0.05, 0) is 37.8 Å². The van der Waals surface area contributed by atoms with Gasteiger partial charge in [0, 0.05) is 12.2 Å². The summed E-state index contributed by atoms with van der Waals surface area (Å²) in [5.41, 5.74) is 1.66. The molecule has 1 aromatic rings. The number of benzene rings is 1. The molecule has 5 heteroatoms. The van der Waals surface area contributed by atoms with Gasteiger partial charge in [-0.25, -0.2) is 0 Å². The third-order valence-corrected chi connectivity index (χ3v) is 3.15. The molecule has 1 saturated carbocycles. The number of anilines is 1. The molecule has 5 nitrogen and oxygen atoms in total. The Morgan fingerprint density at radius 3 is 2.47 bits per heavy atom. The van der Waals surface area contributed by atoms with Crippen molar-refractivity contribution < 1.29 is 14.7 Å².